The predicted molar refractivity (Wildman–Crippen MR) is 113 cm³/mol. The van der Waals surface area contributed by atoms with Crippen molar-refractivity contribution in [1.29, 1.82) is 0 Å². The number of hydrogen-bond donors (Lipinski definition) is 0. The maximum Gasteiger partial charge on any atom is 0.243 e. The average molecular weight is 406 g/mol. The van der Waals surface area contributed by atoms with Gasteiger partial charge in [-0.3, -0.25) is 4.79 Å². The molecule has 1 aliphatic rings. The average Bonchev–Trinajstić information content (AvgIpc) is 3.23. The van der Waals surface area contributed by atoms with Gasteiger partial charge in [0.25, 0.3) is 0 Å². The molecule has 30 heavy (non-hydrogen) atoms. The quantitative estimate of drug-likeness (QED) is 0.638. The lowest BCUT2D eigenvalue weighted by atomic mass is 10.0. The molecule has 0 aromatic heterocycles. The Morgan fingerprint density at radius 1 is 0.967 bits per heavy atom. The Morgan fingerprint density at radius 3 is 2.27 bits per heavy atom. The molecule has 7 heteroatoms. The first-order valence-corrected chi connectivity index (χ1v) is 9.40. The van der Waals surface area contributed by atoms with Gasteiger partial charge in [0.05, 0.1) is 21.3 Å². The molecule has 1 unspecified atom stereocenters. The highest BCUT2D eigenvalue weighted by molar-refractivity contribution is 5.98. The van der Waals surface area contributed by atoms with Crippen LogP contribution in [0, 0.1) is 0 Å². The number of nitrogens with zero attached hydrogens (tertiary/aromatic N) is 2. The first-order chi connectivity index (χ1) is 14.6. The number of hydrogen-bond acceptors (Lipinski definition) is 6. The molecule has 1 heterocycles. The third-order valence-corrected chi connectivity index (χ3v) is 4.97. The lowest BCUT2D eigenvalue weighted by Gasteiger charge is -2.21. The summed E-state index contributed by atoms with van der Waals surface area (Å²) in [5, 5.41) is 7.86. The molecule has 0 radical (unpaired) electrons. The van der Waals surface area contributed by atoms with E-state index >= 15 is 0 Å². The number of carbonyl (C=O) groups excluding carboxylic acids is 1. The van der Waals surface area contributed by atoms with Gasteiger partial charge >= 0.3 is 0 Å². The van der Waals surface area contributed by atoms with Gasteiger partial charge in [-0.15, -0.1) is 5.10 Å². The van der Waals surface area contributed by atoms with E-state index in [2.05, 4.69) is 5.10 Å². The summed E-state index contributed by atoms with van der Waals surface area (Å²) in [7, 11) is 4.62. The van der Waals surface area contributed by atoms with E-state index in [0.29, 0.717) is 28.7 Å². The minimum Gasteiger partial charge on any atom is -0.493 e. The van der Waals surface area contributed by atoms with Crippen molar-refractivity contribution >= 4 is 22.6 Å². The second-order valence-corrected chi connectivity index (χ2v) is 6.72. The van der Waals surface area contributed by atoms with Crippen molar-refractivity contribution < 1.29 is 23.7 Å². The van der Waals surface area contributed by atoms with E-state index < -0.39 is 6.23 Å². The Balaban J connectivity index is 1.79. The molecule has 0 aliphatic carbocycles. The number of carbonyl (C=O) groups is 1. The summed E-state index contributed by atoms with van der Waals surface area (Å²) >= 11 is 0. The summed E-state index contributed by atoms with van der Waals surface area (Å²) in [6, 6.07) is 17.3. The normalized spacial score (nSPS) is 15.5. The van der Waals surface area contributed by atoms with Crippen molar-refractivity contribution in [1.82, 2.24) is 5.01 Å². The van der Waals surface area contributed by atoms with E-state index in [0.717, 1.165) is 16.3 Å². The number of amides is 1. The van der Waals surface area contributed by atoms with Crippen LogP contribution in [0.5, 0.6) is 17.2 Å². The Kier molecular flexibility index (Phi) is 5.18. The molecule has 1 amide bonds. The van der Waals surface area contributed by atoms with Crippen LogP contribution in [-0.4, -0.2) is 38.1 Å². The molecule has 0 N–H and O–H groups in total. The Bertz CT molecular complexity index is 1110. The molecule has 0 saturated heterocycles. The zero-order valence-corrected chi connectivity index (χ0v) is 17.2. The molecule has 0 saturated carbocycles. The molecular formula is C23H22N2O5. The number of benzene rings is 3. The number of methoxy groups -OCH3 is 3. The summed E-state index contributed by atoms with van der Waals surface area (Å²) in [6.45, 7) is 1.46. The first kappa shape index (κ1) is 19.6. The standard InChI is InChI=1S/C23H22N2O5/c1-14(26)25-23(18-11-7-9-15-8-5-6-10-17(15)18)30-22(24-25)16-12-19(27-2)21(29-4)20(13-16)28-3/h5-13,23H,1-4H3. The molecular weight excluding hydrogens is 384 g/mol. The second-order valence-electron chi connectivity index (χ2n) is 6.72. The van der Waals surface area contributed by atoms with Gasteiger partial charge in [0.2, 0.25) is 23.8 Å². The van der Waals surface area contributed by atoms with Crippen molar-refractivity contribution in [3.05, 3.63) is 65.7 Å². The third-order valence-electron chi connectivity index (χ3n) is 4.97. The monoisotopic (exact) mass is 406 g/mol. The second kappa shape index (κ2) is 7.94. The van der Waals surface area contributed by atoms with Crippen LogP contribution in [-0.2, 0) is 9.53 Å². The molecule has 3 aromatic rings. The van der Waals surface area contributed by atoms with Gasteiger partial charge in [-0.05, 0) is 22.9 Å². The van der Waals surface area contributed by atoms with E-state index in [1.807, 2.05) is 42.5 Å². The summed E-state index contributed by atoms with van der Waals surface area (Å²) in [6.07, 6.45) is -0.678. The third kappa shape index (κ3) is 3.28. The molecule has 154 valence electrons. The maximum atomic E-state index is 12.4. The van der Waals surface area contributed by atoms with Gasteiger partial charge < -0.3 is 18.9 Å². The summed E-state index contributed by atoms with van der Waals surface area (Å²) < 4.78 is 22.4. The fourth-order valence-corrected chi connectivity index (χ4v) is 3.56. The number of ether oxygens (including phenoxy) is 4. The summed E-state index contributed by atoms with van der Waals surface area (Å²) in [5.74, 6) is 1.48. The molecule has 0 spiro atoms. The largest absolute Gasteiger partial charge is 0.493 e. The molecule has 1 atom stereocenters. The first-order valence-electron chi connectivity index (χ1n) is 9.40. The zero-order chi connectivity index (χ0) is 21.3. The fourth-order valence-electron chi connectivity index (χ4n) is 3.56. The van der Waals surface area contributed by atoms with Crippen LogP contribution < -0.4 is 14.2 Å². The lowest BCUT2D eigenvalue weighted by molar-refractivity contribution is -0.135. The van der Waals surface area contributed by atoms with Gasteiger partial charge in [0, 0.05) is 18.1 Å². The van der Waals surface area contributed by atoms with Gasteiger partial charge in [-0.2, -0.15) is 5.01 Å². The van der Waals surface area contributed by atoms with Gasteiger partial charge in [-0.1, -0.05) is 42.5 Å². The van der Waals surface area contributed by atoms with Gasteiger partial charge in [0.15, 0.2) is 11.5 Å². The van der Waals surface area contributed by atoms with Crippen molar-refractivity contribution in [3.63, 3.8) is 0 Å². The topological polar surface area (TPSA) is 69.6 Å². The number of fused-ring (bicyclic) bond motifs is 1. The molecule has 7 nitrogen and oxygen atoms in total. The van der Waals surface area contributed by atoms with E-state index in [1.165, 1.54) is 19.0 Å². The van der Waals surface area contributed by atoms with E-state index in [4.69, 9.17) is 18.9 Å². The number of rotatable bonds is 5. The molecule has 0 bridgehead atoms. The van der Waals surface area contributed by atoms with Crippen molar-refractivity contribution in [2.24, 2.45) is 5.10 Å². The van der Waals surface area contributed by atoms with Crippen LogP contribution in [0.4, 0.5) is 0 Å². The zero-order valence-electron chi connectivity index (χ0n) is 17.2. The Labute approximate surface area is 174 Å². The van der Waals surface area contributed by atoms with Crippen LogP contribution in [0.1, 0.15) is 24.3 Å². The van der Waals surface area contributed by atoms with E-state index in [-0.39, 0.29) is 5.91 Å². The highest BCUT2D eigenvalue weighted by Crippen LogP contribution is 2.40. The molecule has 1 aliphatic heterocycles. The highest BCUT2D eigenvalue weighted by Gasteiger charge is 2.34. The summed E-state index contributed by atoms with van der Waals surface area (Å²) in [5.41, 5.74) is 1.47. The van der Waals surface area contributed by atoms with Crippen LogP contribution in [0.25, 0.3) is 10.8 Å². The van der Waals surface area contributed by atoms with Gasteiger partial charge in [-0.25, -0.2) is 0 Å². The van der Waals surface area contributed by atoms with E-state index in [9.17, 15) is 4.79 Å². The highest BCUT2D eigenvalue weighted by atomic mass is 16.5. The van der Waals surface area contributed by atoms with E-state index in [1.54, 1.807) is 26.4 Å². The lowest BCUT2D eigenvalue weighted by Crippen LogP contribution is -2.25. The summed E-state index contributed by atoms with van der Waals surface area (Å²) in [4.78, 5) is 12.4. The van der Waals surface area contributed by atoms with Gasteiger partial charge in [0.1, 0.15) is 0 Å². The van der Waals surface area contributed by atoms with Crippen LogP contribution in [0.15, 0.2) is 59.7 Å². The van der Waals surface area contributed by atoms with Crippen molar-refractivity contribution in [2.75, 3.05) is 21.3 Å². The Morgan fingerprint density at radius 2 is 1.63 bits per heavy atom. The molecule has 4 rings (SSSR count). The molecule has 3 aromatic carbocycles. The van der Waals surface area contributed by atoms with Crippen molar-refractivity contribution in [3.8, 4) is 17.2 Å². The number of hydrazone groups is 1. The fraction of sp³-hybridized carbons (Fsp3) is 0.217. The minimum absolute atomic E-state index is 0.227. The van der Waals surface area contributed by atoms with Crippen LogP contribution in [0.3, 0.4) is 0 Å². The predicted octanol–water partition coefficient (Wildman–Crippen LogP) is 4.10. The maximum absolute atomic E-state index is 12.4. The Hall–Kier alpha value is -3.74. The SMILES string of the molecule is COc1cc(C2=NN(C(C)=O)C(c3cccc4ccccc34)O2)cc(OC)c1OC. The molecule has 0 fully saturated rings. The van der Waals surface area contributed by atoms with Crippen LogP contribution >= 0.6 is 0 Å². The smallest absolute Gasteiger partial charge is 0.243 e. The van der Waals surface area contributed by atoms with Crippen molar-refractivity contribution in [2.45, 2.75) is 13.2 Å². The minimum atomic E-state index is -0.678. The van der Waals surface area contributed by atoms with Crippen LogP contribution in [0.2, 0.25) is 0 Å².